The van der Waals surface area contributed by atoms with E-state index in [0.29, 0.717) is 24.1 Å². The van der Waals surface area contributed by atoms with Crippen molar-refractivity contribution in [2.24, 2.45) is 0 Å². The van der Waals surface area contributed by atoms with Crippen molar-refractivity contribution in [2.75, 3.05) is 31.9 Å². The van der Waals surface area contributed by atoms with Gasteiger partial charge < -0.3 is 15.8 Å². The third-order valence-electron chi connectivity index (χ3n) is 7.17. The molecule has 0 bridgehead atoms. The number of carbonyl (C=O) groups is 1. The van der Waals surface area contributed by atoms with E-state index in [0.717, 1.165) is 17.7 Å². The number of carbonyl (C=O) groups excluding carboxylic acids is 1. The number of nitrogens with two attached hydrogens (primary N) is 1. The fourth-order valence-corrected chi connectivity index (χ4v) is 5.17. The maximum absolute atomic E-state index is 15.0. The summed E-state index contributed by atoms with van der Waals surface area (Å²) in [6.07, 6.45) is -9.13. The van der Waals surface area contributed by atoms with Crippen LogP contribution in [-0.4, -0.2) is 54.3 Å². The Morgan fingerprint density at radius 2 is 1.63 bits per heavy atom. The fraction of sp³-hybridized carbons (Fsp3) is 0.357. The van der Waals surface area contributed by atoms with Gasteiger partial charge in [-0.2, -0.15) is 30.7 Å². The lowest BCUT2D eigenvalue weighted by Gasteiger charge is -2.33. The summed E-state index contributed by atoms with van der Waals surface area (Å²) in [4.78, 5) is 17.0. The van der Waals surface area contributed by atoms with Crippen LogP contribution >= 0.6 is 0 Å². The van der Waals surface area contributed by atoms with Crippen LogP contribution in [0.1, 0.15) is 34.3 Å². The van der Waals surface area contributed by atoms with Crippen molar-refractivity contribution in [3.63, 3.8) is 0 Å². The van der Waals surface area contributed by atoms with Gasteiger partial charge in [0.25, 0.3) is 5.91 Å². The van der Waals surface area contributed by atoms with Gasteiger partial charge in [-0.1, -0.05) is 18.2 Å². The van der Waals surface area contributed by atoms with Crippen molar-refractivity contribution in [2.45, 2.75) is 37.7 Å². The van der Waals surface area contributed by atoms with Gasteiger partial charge in [0.2, 0.25) is 5.95 Å². The monoisotopic (exact) mass is 582 g/mol. The summed E-state index contributed by atoms with van der Waals surface area (Å²) in [7, 11) is 0. The van der Waals surface area contributed by atoms with E-state index >= 15 is 0 Å². The molecule has 2 aliphatic heterocycles. The summed E-state index contributed by atoms with van der Waals surface area (Å²) in [5, 5.41) is 2.73. The molecule has 0 radical (unpaired) electrons. The highest BCUT2D eigenvalue weighted by Crippen LogP contribution is 2.41. The number of pyridine rings is 1. The topological polar surface area (TPSA) is 80.5 Å². The molecule has 1 amide bonds. The van der Waals surface area contributed by atoms with Crippen LogP contribution in [0.25, 0.3) is 22.3 Å². The highest BCUT2D eigenvalue weighted by molar-refractivity contribution is 5.97. The van der Waals surface area contributed by atoms with Crippen LogP contribution in [0.15, 0.2) is 42.5 Å². The number of aromatic nitrogens is 1. The van der Waals surface area contributed by atoms with Crippen LogP contribution in [0.2, 0.25) is 0 Å². The summed E-state index contributed by atoms with van der Waals surface area (Å²) in [5.74, 6) is -1.95. The number of hydrogen-bond acceptors (Lipinski definition) is 5. The van der Waals surface area contributed by atoms with Crippen molar-refractivity contribution in [1.29, 1.82) is 0 Å². The number of amides is 1. The van der Waals surface area contributed by atoms with Crippen LogP contribution in [0.3, 0.4) is 0 Å². The second-order valence-electron chi connectivity index (χ2n) is 10.1. The lowest BCUT2D eigenvalue weighted by atomic mass is 9.93. The number of nitrogens with zero attached hydrogens (tertiary/aromatic N) is 2. The quantitative estimate of drug-likeness (QED) is 0.292. The molecule has 1 saturated heterocycles. The zero-order valence-electron chi connectivity index (χ0n) is 21.5. The van der Waals surface area contributed by atoms with Gasteiger partial charge in [0.1, 0.15) is 17.7 Å². The average Bonchev–Trinajstić information content (AvgIpc) is 2.89. The van der Waals surface area contributed by atoms with Crippen LogP contribution in [0.4, 0.5) is 36.6 Å². The molecule has 0 saturated carbocycles. The molecule has 3 aromatic rings. The van der Waals surface area contributed by atoms with Crippen molar-refractivity contribution in [3.8, 4) is 28.0 Å². The lowest BCUT2D eigenvalue weighted by Crippen LogP contribution is -2.42. The van der Waals surface area contributed by atoms with E-state index in [1.54, 1.807) is 18.2 Å². The summed E-state index contributed by atoms with van der Waals surface area (Å²) >= 11 is 0. The number of likely N-dealkylation sites (tertiary alicyclic amines) is 1. The molecule has 13 heteroatoms. The van der Waals surface area contributed by atoms with Crippen LogP contribution in [0.5, 0.6) is 5.75 Å². The number of halogens is 7. The van der Waals surface area contributed by atoms with Gasteiger partial charge in [0.15, 0.2) is 0 Å². The molecule has 3 heterocycles. The summed E-state index contributed by atoms with van der Waals surface area (Å²) < 4.78 is 101. The van der Waals surface area contributed by atoms with Gasteiger partial charge in [-0.15, -0.1) is 0 Å². The molecule has 0 aliphatic carbocycles. The first-order valence-corrected chi connectivity index (χ1v) is 12.8. The minimum absolute atomic E-state index is 0.0298. The number of ether oxygens (including phenoxy) is 1. The second kappa shape index (κ2) is 10.8. The predicted octanol–water partition coefficient (Wildman–Crippen LogP) is 5.85. The minimum Gasteiger partial charge on any atom is -0.490 e. The Kier molecular flexibility index (Phi) is 7.58. The first-order chi connectivity index (χ1) is 19.3. The summed E-state index contributed by atoms with van der Waals surface area (Å²) in [5.41, 5.74) is 6.55. The first-order valence-electron chi connectivity index (χ1n) is 12.8. The third-order valence-corrected chi connectivity index (χ3v) is 7.17. The van der Waals surface area contributed by atoms with Crippen molar-refractivity contribution >= 4 is 11.7 Å². The Bertz CT molecular complexity index is 1470. The van der Waals surface area contributed by atoms with Crippen molar-refractivity contribution in [3.05, 3.63) is 65.1 Å². The van der Waals surface area contributed by atoms with Crippen LogP contribution < -0.4 is 15.8 Å². The van der Waals surface area contributed by atoms with Crippen molar-refractivity contribution in [1.82, 2.24) is 15.2 Å². The molecule has 2 aliphatic rings. The van der Waals surface area contributed by atoms with Crippen LogP contribution in [0, 0.1) is 5.95 Å². The van der Waals surface area contributed by atoms with Gasteiger partial charge >= 0.3 is 12.4 Å². The molecular formula is C28H25F7N4O2. The van der Waals surface area contributed by atoms with E-state index < -0.39 is 42.3 Å². The third kappa shape index (κ3) is 6.39. The minimum atomic E-state index is -4.86. The number of piperidine rings is 1. The number of nitrogen functional groups attached to an aromatic ring is 1. The molecule has 0 atom stereocenters. The number of hydrogen-bond donors (Lipinski definition) is 2. The van der Waals surface area contributed by atoms with Crippen LogP contribution in [-0.2, 0) is 12.6 Å². The van der Waals surface area contributed by atoms with Gasteiger partial charge in [-0.25, -0.2) is 4.98 Å². The molecule has 0 spiro atoms. The standard InChI is InChI=1S/C28H25F7N4O2/c29-24-20(13-21(25(36)38-24)15-1-3-19-17(11-15)5-8-37-26(19)40)16-2-4-23(22(12-16)28(33,34)35)41-18-6-9-39(10-7-18)14-27(30,31)32/h1-4,11-13,18H,5-10,14H2,(H2,36,38)(H,37,40). The molecule has 0 unspecified atom stereocenters. The normalized spacial score (nSPS) is 16.8. The number of benzene rings is 2. The Labute approximate surface area is 230 Å². The number of alkyl halides is 6. The zero-order chi connectivity index (χ0) is 29.5. The molecule has 3 N–H and O–H groups in total. The predicted molar refractivity (Wildman–Crippen MR) is 137 cm³/mol. The maximum Gasteiger partial charge on any atom is 0.419 e. The van der Waals surface area contributed by atoms with Gasteiger partial charge in [0, 0.05) is 36.3 Å². The zero-order valence-corrected chi connectivity index (χ0v) is 21.5. The second-order valence-corrected chi connectivity index (χ2v) is 10.1. The van der Waals surface area contributed by atoms with Gasteiger partial charge in [0.05, 0.1) is 12.1 Å². The van der Waals surface area contributed by atoms with Gasteiger partial charge in [-0.3, -0.25) is 9.69 Å². The number of fused-ring (bicyclic) bond motifs is 1. The Balaban J connectivity index is 1.43. The smallest absolute Gasteiger partial charge is 0.419 e. The average molecular weight is 583 g/mol. The lowest BCUT2D eigenvalue weighted by molar-refractivity contribution is -0.150. The SMILES string of the molecule is Nc1nc(F)c(-c2ccc(OC3CCN(CC(F)(F)F)CC3)c(C(F)(F)F)c2)cc1-c1ccc2c(c1)CCNC2=O. The fourth-order valence-electron chi connectivity index (χ4n) is 5.17. The molecule has 1 fully saturated rings. The number of anilines is 1. The Morgan fingerprint density at radius 3 is 2.32 bits per heavy atom. The van der Waals surface area contributed by atoms with Gasteiger partial charge in [-0.05, 0) is 60.2 Å². The first kappa shape index (κ1) is 28.7. The molecule has 6 nitrogen and oxygen atoms in total. The van der Waals surface area contributed by atoms with E-state index in [4.69, 9.17) is 10.5 Å². The van der Waals surface area contributed by atoms with E-state index in [1.165, 1.54) is 17.0 Å². The molecule has 218 valence electrons. The largest absolute Gasteiger partial charge is 0.490 e. The number of nitrogens with one attached hydrogen (secondary N) is 1. The van der Waals surface area contributed by atoms with E-state index in [9.17, 15) is 35.5 Å². The van der Waals surface area contributed by atoms with E-state index in [1.807, 2.05) is 0 Å². The highest BCUT2D eigenvalue weighted by atomic mass is 19.4. The van der Waals surface area contributed by atoms with Crippen molar-refractivity contribution < 1.29 is 40.3 Å². The summed E-state index contributed by atoms with van der Waals surface area (Å²) in [6.45, 7) is -0.588. The number of rotatable bonds is 5. The molecular weight excluding hydrogens is 557 g/mol. The maximum atomic E-state index is 15.0. The highest BCUT2D eigenvalue weighted by Gasteiger charge is 2.37. The summed E-state index contributed by atoms with van der Waals surface area (Å²) in [6, 6.07) is 9.34. The molecule has 41 heavy (non-hydrogen) atoms. The van der Waals surface area contributed by atoms with E-state index in [-0.39, 0.29) is 54.3 Å². The van der Waals surface area contributed by atoms with E-state index in [2.05, 4.69) is 10.3 Å². The Morgan fingerprint density at radius 1 is 0.951 bits per heavy atom. The molecule has 2 aromatic carbocycles. The Hall–Kier alpha value is -3.87. The molecule has 5 rings (SSSR count). The molecule has 1 aromatic heterocycles.